The van der Waals surface area contributed by atoms with Crippen molar-refractivity contribution in [1.29, 1.82) is 0 Å². The fourth-order valence-corrected chi connectivity index (χ4v) is 6.00. The summed E-state index contributed by atoms with van der Waals surface area (Å²) in [6.45, 7) is 0.0936. The number of nitrogens with one attached hydrogen (secondary N) is 1. The largest absolute Gasteiger partial charge is 0.353 e. The highest BCUT2D eigenvalue weighted by atomic mass is 32.2. The second kappa shape index (κ2) is 6.30. The monoisotopic (exact) mass is 380 g/mol. The second-order valence-electron chi connectivity index (χ2n) is 8.23. The van der Waals surface area contributed by atoms with Gasteiger partial charge in [0.15, 0.2) is 0 Å². The maximum absolute atomic E-state index is 13.9. The van der Waals surface area contributed by atoms with Crippen LogP contribution in [0.2, 0.25) is 0 Å². The summed E-state index contributed by atoms with van der Waals surface area (Å²) in [6, 6.07) is 5.59. The molecule has 2 bridgehead atoms. The molecule has 1 aromatic carbocycles. The molecule has 3 saturated carbocycles. The molecule has 3 fully saturated rings. The van der Waals surface area contributed by atoms with Crippen LogP contribution in [0.3, 0.4) is 0 Å². The fourth-order valence-electron chi connectivity index (χ4n) is 4.68. The predicted molar refractivity (Wildman–Crippen MR) is 95.3 cm³/mol. The normalized spacial score (nSPS) is 29.1. The number of nitrogens with zero attached hydrogens (tertiary/aromatic N) is 1. The van der Waals surface area contributed by atoms with Gasteiger partial charge in [-0.3, -0.25) is 4.79 Å². The summed E-state index contributed by atoms with van der Waals surface area (Å²) in [7, 11) is -2.53. The minimum atomic E-state index is -3.95. The van der Waals surface area contributed by atoms with Gasteiger partial charge < -0.3 is 5.32 Å². The van der Waals surface area contributed by atoms with Crippen molar-refractivity contribution in [2.24, 2.45) is 17.3 Å². The van der Waals surface area contributed by atoms with Crippen LogP contribution in [0.1, 0.15) is 38.5 Å². The van der Waals surface area contributed by atoms with Gasteiger partial charge in [0.2, 0.25) is 15.9 Å². The Hall–Kier alpha value is -1.47. The molecule has 3 aliphatic carbocycles. The van der Waals surface area contributed by atoms with E-state index in [2.05, 4.69) is 5.32 Å². The lowest BCUT2D eigenvalue weighted by atomic mass is 9.94. The van der Waals surface area contributed by atoms with Crippen LogP contribution in [0.4, 0.5) is 4.39 Å². The first kappa shape index (κ1) is 17.9. The van der Waals surface area contributed by atoms with Crippen molar-refractivity contribution in [3.05, 3.63) is 30.1 Å². The average Bonchev–Trinajstić information content (AvgIpc) is 3.09. The number of amides is 1. The van der Waals surface area contributed by atoms with E-state index in [1.54, 1.807) is 0 Å². The highest BCUT2D eigenvalue weighted by molar-refractivity contribution is 7.89. The number of rotatable bonds is 6. The van der Waals surface area contributed by atoms with E-state index in [4.69, 9.17) is 0 Å². The van der Waals surface area contributed by atoms with Gasteiger partial charge in [-0.1, -0.05) is 18.6 Å². The molecule has 26 heavy (non-hydrogen) atoms. The quantitative estimate of drug-likeness (QED) is 0.825. The summed E-state index contributed by atoms with van der Waals surface area (Å²) < 4.78 is 40.4. The standard InChI is InChI=1S/C19H25FN2O3S/c1-22(26(24,25)17-5-3-2-4-15(17)20)12-19(8-9-19)18(23)21-16-11-13-6-7-14(16)10-13/h2-5,13-14,16H,6-12H2,1H3,(H,21,23). The number of hydrogen-bond donors (Lipinski definition) is 1. The molecular formula is C19H25FN2O3S. The van der Waals surface area contributed by atoms with E-state index in [0.717, 1.165) is 22.7 Å². The van der Waals surface area contributed by atoms with Crippen LogP contribution in [0.25, 0.3) is 0 Å². The zero-order chi connectivity index (χ0) is 18.5. The molecule has 1 aromatic rings. The Morgan fingerprint density at radius 3 is 2.58 bits per heavy atom. The Kier molecular flexibility index (Phi) is 4.34. The summed E-state index contributed by atoms with van der Waals surface area (Å²) in [5.41, 5.74) is -0.658. The van der Waals surface area contributed by atoms with Crippen LogP contribution in [0.5, 0.6) is 0 Å². The molecule has 0 aromatic heterocycles. The zero-order valence-corrected chi connectivity index (χ0v) is 15.8. The molecule has 5 nitrogen and oxygen atoms in total. The minimum Gasteiger partial charge on any atom is -0.353 e. The maximum Gasteiger partial charge on any atom is 0.245 e. The van der Waals surface area contributed by atoms with Gasteiger partial charge in [-0.15, -0.1) is 0 Å². The first-order valence-electron chi connectivity index (χ1n) is 9.34. The number of fused-ring (bicyclic) bond motifs is 2. The number of hydrogen-bond acceptors (Lipinski definition) is 3. The summed E-state index contributed by atoms with van der Waals surface area (Å²) in [5.74, 6) is 0.519. The molecule has 0 spiro atoms. The number of carbonyl (C=O) groups is 1. The van der Waals surface area contributed by atoms with E-state index in [1.165, 1.54) is 44.5 Å². The molecule has 0 saturated heterocycles. The van der Waals surface area contributed by atoms with Crippen molar-refractivity contribution in [2.75, 3.05) is 13.6 Å². The average molecular weight is 380 g/mol. The fraction of sp³-hybridized carbons (Fsp3) is 0.632. The summed E-state index contributed by atoms with van der Waals surface area (Å²) in [4.78, 5) is 12.5. The van der Waals surface area contributed by atoms with E-state index < -0.39 is 21.3 Å². The molecule has 0 heterocycles. The van der Waals surface area contributed by atoms with Gasteiger partial charge in [0, 0.05) is 19.6 Å². The SMILES string of the molecule is CN(CC1(C(=O)NC2CC3CCC2C3)CC1)S(=O)(=O)c1ccccc1F. The Bertz CT molecular complexity index is 822. The van der Waals surface area contributed by atoms with Crippen molar-refractivity contribution in [2.45, 2.75) is 49.5 Å². The minimum absolute atomic E-state index is 0.0365. The molecule has 3 atom stereocenters. The van der Waals surface area contributed by atoms with Gasteiger partial charge in [-0.2, -0.15) is 4.31 Å². The van der Waals surface area contributed by atoms with E-state index in [-0.39, 0.29) is 23.4 Å². The first-order valence-corrected chi connectivity index (χ1v) is 10.8. The lowest BCUT2D eigenvalue weighted by molar-refractivity contribution is -0.127. The summed E-state index contributed by atoms with van der Waals surface area (Å²) in [6.07, 6.45) is 6.07. The van der Waals surface area contributed by atoms with Gasteiger partial charge in [0.05, 0.1) is 5.41 Å². The lowest BCUT2D eigenvalue weighted by Gasteiger charge is -2.27. The van der Waals surface area contributed by atoms with Crippen LogP contribution in [0, 0.1) is 23.1 Å². The van der Waals surface area contributed by atoms with Crippen LogP contribution in [-0.2, 0) is 14.8 Å². The van der Waals surface area contributed by atoms with Gasteiger partial charge in [-0.05, 0) is 56.1 Å². The third-order valence-corrected chi connectivity index (χ3v) is 8.28. The van der Waals surface area contributed by atoms with Crippen molar-refractivity contribution >= 4 is 15.9 Å². The van der Waals surface area contributed by atoms with Gasteiger partial charge in [0.25, 0.3) is 0 Å². The topological polar surface area (TPSA) is 66.5 Å². The van der Waals surface area contributed by atoms with E-state index in [0.29, 0.717) is 18.8 Å². The Balaban J connectivity index is 1.44. The Labute approximate surface area is 154 Å². The van der Waals surface area contributed by atoms with Crippen molar-refractivity contribution < 1.29 is 17.6 Å². The van der Waals surface area contributed by atoms with Gasteiger partial charge in [-0.25, -0.2) is 12.8 Å². The molecule has 7 heteroatoms. The van der Waals surface area contributed by atoms with Crippen molar-refractivity contribution in [3.8, 4) is 0 Å². The molecular weight excluding hydrogens is 355 g/mol. The molecule has 1 amide bonds. The molecule has 0 aliphatic heterocycles. The summed E-state index contributed by atoms with van der Waals surface area (Å²) in [5, 5.41) is 3.19. The number of sulfonamides is 1. The molecule has 4 rings (SSSR count). The smallest absolute Gasteiger partial charge is 0.245 e. The Morgan fingerprint density at radius 1 is 1.27 bits per heavy atom. The first-order chi connectivity index (χ1) is 12.3. The highest BCUT2D eigenvalue weighted by Crippen LogP contribution is 2.49. The summed E-state index contributed by atoms with van der Waals surface area (Å²) >= 11 is 0. The van der Waals surface area contributed by atoms with Crippen LogP contribution >= 0.6 is 0 Å². The zero-order valence-electron chi connectivity index (χ0n) is 14.9. The van der Waals surface area contributed by atoms with E-state index in [9.17, 15) is 17.6 Å². The molecule has 0 radical (unpaired) electrons. The predicted octanol–water partition coefficient (Wildman–Crippen LogP) is 2.53. The van der Waals surface area contributed by atoms with E-state index in [1.807, 2.05) is 0 Å². The molecule has 3 unspecified atom stereocenters. The van der Waals surface area contributed by atoms with Crippen molar-refractivity contribution in [3.63, 3.8) is 0 Å². The van der Waals surface area contributed by atoms with Crippen LogP contribution < -0.4 is 5.32 Å². The number of benzene rings is 1. The van der Waals surface area contributed by atoms with Crippen molar-refractivity contribution in [1.82, 2.24) is 9.62 Å². The maximum atomic E-state index is 13.9. The van der Waals surface area contributed by atoms with E-state index >= 15 is 0 Å². The molecule has 1 N–H and O–H groups in total. The molecule has 3 aliphatic rings. The van der Waals surface area contributed by atoms with Crippen LogP contribution in [-0.4, -0.2) is 38.3 Å². The third-order valence-electron chi connectivity index (χ3n) is 6.44. The molecule has 142 valence electrons. The number of carbonyl (C=O) groups excluding carboxylic acids is 1. The number of halogens is 1. The highest BCUT2D eigenvalue weighted by Gasteiger charge is 2.53. The van der Waals surface area contributed by atoms with Crippen LogP contribution in [0.15, 0.2) is 29.2 Å². The lowest BCUT2D eigenvalue weighted by Crippen LogP contribution is -2.46. The second-order valence-corrected chi connectivity index (χ2v) is 10.2. The third kappa shape index (κ3) is 3.05. The van der Waals surface area contributed by atoms with Gasteiger partial charge >= 0.3 is 0 Å². The Morgan fingerprint density at radius 2 is 2.00 bits per heavy atom. The van der Waals surface area contributed by atoms with Gasteiger partial charge in [0.1, 0.15) is 10.7 Å².